The summed E-state index contributed by atoms with van der Waals surface area (Å²) in [6.07, 6.45) is 0.391. The molecule has 0 atom stereocenters. The molecule has 0 aromatic carbocycles. The average molecular weight is 185 g/mol. The smallest absolute Gasteiger partial charge is 0.407 e. The summed E-state index contributed by atoms with van der Waals surface area (Å²) in [7, 11) is 0. The molecule has 1 heterocycles. The van der Waals surface area contributed by atoms with E-state index in [1.165, 1.54) is 4.90 Å². The van der Waals surface area contributed by atoms with Crippen LogP contribution in [0.4, 0.5) is 4.79 Å². The molecule has 2 N–H and O–H groups in total. The number of carboxylic acids is 1. The van der Waals surface area contributed by atoms with E-state index >= 15 is 0 Å². The van der Waals surface area contributed by atoms with E-state index in [1.807, 2.05) is 0 Å². The molecule has 1 saturated carbocycles. The molecule has 2 fully saturated rings. The van der Waals surface area contributed by atoms with Crippen LogP contribution in [0.2, 0.25) is 0 Å². The first kappa shape index (κ1) is 8.34. The molecule has 1 saturated heterocycles. The van der Waals surface area contributed by atoms with E-state index in [2.05, 4.69) is 0 Å². The van der Waals surface area contributed by atoms with E-state index in [0.717, 1.165) is 0 Å². The lowest BCUT2D eigenvalue weighted by atomic mass is 9.58. The third-order valence-electron chi connectivity index (χ3n) is 3.03. The topological polar surface area (TPSA) is 77.8 Å². The fraction of sp³-hybridized carbons (Fsp3) is 0.750. The number of carboxylic acid groups (broad SMARTS) is 2. The van der Waals surface area contributed by atoms with Crippen molar-refractivity contribution in [3.8, 4) is 0 Å². The SMILES string of the molecule is O=C(O)C1CC2(C1)CN(C(=O)O)C2. The maximum Gasteiger partial charge on any atom is 0.407 e. The minimum absolute atomic E-state index is 0.0153. The minimum Gasteiger partial charge on any atom is -0.481 e. The number of likely N-dealkylation sites (tertiary alicyclic amines) is 1. The Labute approximate surface area is 75.0 Å². The first-order valence-electron chi connectivity index (χ1n) is 4.23. The zero-order valence-electron chi connectivity index (χ0n) is 7.06. The highest BCUT2D eigenvalue weighted by atomic mass is 16.4. The fourth-order valence-corrected chi connectivity index (χ4v) is 2.32. The molecule has 2 rings (SSSR count). The van der Waals surface area contributed by atoms with Crippen LogP contribution < -0.4 is 0 Å². The maximum absolute atomic E-state index is 10.5. The van der Waals surface area contributed by atoms with E-state index < -0.39 is 12.1 Å². The molecule has 1 amide bonds. The van der Waals surface area contributed by atoms with Crippen molar-refractivity contribution in [2.75, 3.05) is 13.1 Å². The summed E-state index contributed by atoms with van der Waals surface area (Å²) >= 11 is 0. The lowest BCUT2D eigenvalue weighted by molar-refractivity contribution is -0.158. The maximum atomic E-state index is 10.5. The average Bonchev–Trinajstić information content (AvgIpc) is 1.78. The van der Waals surface area contributed by atoms with Gasteiger partial charge in [0.1, 0.15) is 0 Å². The van der Waals surface area contributed by atoms with Crippen LogP contribution in [0.25, 0.3) is 0 Å². The van der Waals surface area contributed by atoms with Crippen LogP contribution >= 0.6 is 0 Å². The normalized spacial score (nSPS) is 25.1. The summed E-state index contributed by atoms with van der Waals surface area (Å²) in [4.78, 5) is 22.3. The molecule has 0 unspecified atom stereocenters. The van der Waals surface area contributed by atoms with Gasteiger partial charge in [0.05, 0.1) is 5.92 Å². The molecule has 72 valence electrons. The Morgan fingerprint density at radius 3 is 2.15 bits per heavy atom. The predicted octanol–water partition coefficient (Wildman–Crippen LogP) is 0.461. The molecule has 5 nitrogen and oxygen atoms in total. The van der Waals surface area contributed by atoms with Crippen LogP contribution in [0, 0.1) is 11.3 Å². The highest BCUT2D eigenvalue weighted by Crippen LogP contribution is 2.51. The zero-order valence-corrected chi connectivity index (χ0v) is 7.06. The van der Waals surface area contributed by atoms with Gasteiger partial charge >= 0.3 is 12.1 Å². The summed E-state index contributed by atoms with van der Waals surface area (Å²) in [5.74, 6) is -0.990. The van der Waals surface area contributed by atoms with Crippen LogP contribution in [-0.2, 0) is 4.79 Å². The van der Waals surface area contributed by atoms with Crippen molar-refractivity contribution in [1.29, 1.82) is 0 Å². The van der Waals surface area contributed by atoms with Crippen molar-refractivity contribution in [1.82, 2.24) is 4.90 Å². The molecular weight excluding hydrogens is 174 g/mol. The van der Waals surface area contributed by atoms with Crippen molar-refractivity contribution in [2.45, 2.75) is 12.8 Å². The summed E-state index contributed by atoms with van der Waals surface area (Å²) in [5, 5.41) is 17.2. The number of hydrogen-bond acceptors (Lipinski definition) is 2. The highest BCUT2D eigenvalue weighted by molar-refractivity contribution is 5.72. The first-order chi connectivity index (χ1) is 6.02. The number of nitrogens with zero attached hydrogens (tertiary/aromatic N) is 1. The second-order valence-electron chi connectivity index (χ2n) is 4.08. The van der Waals surface area contributed by atoms with Gasteiger partial charge in [0.2, 0.25) is 0 Å². The van der Waals surface area contributed by atoms with E-state index in [1.54, 1.807) is 0 Å². The summed E-state index contributed by atoms with van der Waals surface area (Å²) in [6.45, 7) is 1.04. The summed E-state index contributed by atoms with van der Waals surface area (Å²) in [5.41, 5.74) is 0.0153. The quantitative estimate of drug-likeness (QED) is 0.622. The lowest BCUT2D eigenvalue weighted by Gasteiger charge is -2.56. The van der Waals surface area contributed by atoms with Crippen LogP contribution in [0.15, 0.2) is 0 Å². The third-order valence-corrected chi connectivity index (χ3v) is 3.03. The first-order valence-corrected chi connectivity index (χ1v) is 4.23. The van der Waals surface area contributed by atoms with Gasteiger partial charge in [-0.05, 0) is 12.8 Å². The van der Waals surface area contributed by atoms with Crippen molar-refractivity contribution < 1.29 is 19.8 Å². The summed E-state index contributed by atoms with van der Waals surface area (Å²) < 4.78 is 0. The third kappa shape index (κ3) is 1.15. The fourth-order valence-electron chi connectivity index (χ4n) is 2.32. The highest BCUT2D eigenvalue weighted by Gasteiger charge is 2.55. The van der Waals surface area contributed by atoms with Crippen LogP contribution in [0.3, 0.4) is 0 Å². The van der Waals surface area contributed by atoms with Gasteiger partial charge in [-0.2, -0.15) is 0 Å². The van der Waals surface area contributed by atoms with Crippen LogP contribution in [0.1, 0.15) is 12.8 Å². The van der Waals surface area contributed by atoms with E-state index in [0.29, 0.717) is 25.9 Å². The molecule has 2 aliphatic rings. The molecule has 5 heteroatoms. The Morgan fingerprint density at radius 2 is 1.77 bits per heavy atom. The van der Waals surface area contributed by atoms with Gasteiger partial charge < -0.3 is 15.1 Å². The molecule has 1 spiro atoms. The van der Waals surface area contributed by atoms with Gasteiger partial charge in [-0.25, -0.2) is 4.79 Å². The van der Waals surface area contributed by atoms with E-state index in [4.69, 9.17) is 10.2 Å². The van der Waals surface area contributed by atoms with Crippen molar-refractivity contribution in [3.63, 3.8) is 0 Å². The standard InChI is InChI=1S/C8H11NO4/c10-6(11)5-1-8(2-5)3-9(4-8)7(12)13/h5H,1-4H2,(H,10,11)(H,12,13). The van der Waals surface area contributed by atoms with Gasteiger partial charge in [0.15, 0.2) is 0 Å². The van der Waals surface area contributed by atoms with Gasteiger partial charge in [0.25, 0.3) is 0 Å². The number of amides is 1. The Morgan fingerprint density at radius 1 is 1.23 bits per heavy atom. The lowest BCUT2D eigenvalue weighted by Crippen LogP contribution is -2.64. The zero-order chi connectivity index (χ0) is 9.64. The number of hydrogen-bond donors (Lipinski definition) is 2. The second-order valence-corrected chi connectivity index (χ2v) is 4.08. The Hall–Kier alpha value is -1.26. The Kier molecular flexibility index (Phi) is 1.52. The minimum atomic E-state index is -0.899. The number of carbonyl (C=O) groups is 2. The van der Waals surface area contributed by atoms with Crippen molar-refractivity contribution >= 4 is 12.1 Å². The van der Waals surface area contributed by atoms with E-state index in [9.17, 15) is 9.59 Å². The molecule has 0 aromatic heterocycles. The largest absolute Gasteiger partial charge is 0.481 e. The van der Waals surface area contributed by atoms with Gasteiger partial charge in [-0.3, -0.25) is 4.79 Å². The van der Waals surface area contributed by atoms with E-state index in [-0.39, 0.29) is 11.3 Å². The van der Waals surface area contributed by atoms with Gasteiger partial charge in [0, 0.05) is 18.5 Å². The summed E-state index contributed by atoms with van der Waals surface area (Å²) in [6, 6.07) is 0. The molecule has 1 aliphatic heterocycles. The van der Waals surface area contributed by atoms with Crippen molar-refractivity contribution in [2.24, 2.45) is 11.3 Å². The molecule has 1 aliphatic carbocycles. The Balaban J connectivity index is 1.82. The Bertz CT molecular complexity index is 232. The molecule has 0 aromatic rings. The number of rotatable bonds is 1. The molecule has 0 radical (unpaired) electrons. The molecule has 0 bridgehead atoms. The monoisotopic (exact) mass is 185 g/mol. The predicted molar refractivity (Wildman–Crippen MR) is 42.4 cm³/mol. The number of aliphatic carboxylic acids is 1. The molecule has 13 heavy (non-hydrogen) atoms. The van der Waals surface area contributed by atoms with Gasteiger partial charge in [-0.1, -0.05) is 0 Å². The molecular formula is C8H11NO4. The van der Waals surface area contributed by atoms with Crippen LogP contribution in [0.5, 0.6) is 0 Å². The van der Waals surface area contributed by atoms with Gasteiger partial charge in [-0.15, -0.1) is 0 Å². The second kappa shape index (κ2) is 2.37. The van der Waals surface area contributed by atoms with Crippen LogP contribution in [-0.4, -0.2) is 40.3 Å². The van der Waals surface area contributed by atoms with Crippen molar-refractivity contribution in [3.05, 3.63) is 0 Å².